The Labute approximate surface area is 116 Å². The van der Waals surface area contributed by atoms with Gasteiger partial charge >= 0.3 is 0 Å². The molecule has 0 aliphatic carbocycles. The Balaban J connectivity index is 1.73. The summed E-state index contributed by atoms with van der Waals surface area (Å²) in [5.74, 6) is -0.124. The molecule has 0 radical (unpaired) electrons. The summed E-state index contributed by atoms with van der Waals surface area (Å²) in [4.78, 5) is 20.6. The summed E-state index contributed by atoms with van der Waals surface area (Å²) in [6.45, 7) is 1.88. The molecule has 3 aromatic rings. The molecule has 1 aliphatic heterocycles. The molecular weight excluding hydrogens is 282 g/mol. The minimum absolute atomic E-state index is 0.0135. The predicted octanol–water partition coefficient (Wildman–Crippen LogP) is 2.63. The van der Waals surface area contributed by atoms with Crippen LogP contribution in [0, 0.1) is 0 Å². The minimum atomic E-state index is -0.327. The average molecular weight is 291 g/mol. The summed E-state index contributed by atoms with van der Waals surface area (Å²) < 4.78 is 7.28. The molecule has 1 saturated heterocycles. The van der Waals surface area contributed by atoms with Crippen LogP contribution in [0.1, 0.15) is 6.92 Å². The summed E-state index contributed by atoms with van der Waals surface area (Å²) in [6, 6.07) is 3.96. The van der Waals surface area contributed by atoms with Crippen LogP contribution in [0.4, 0.5) is 5.13 Å². The van der Waals surface area contributed by atoms with Gasteiger partial charge in [0.05, 0.1) is 26.5 Å². The van der Waals surface area contributed by atoms with E-state index in [1.807, 2.05) is 24.6 Å². The lowest BCUT2D eigenvalue weighted by Crippen LogP contribution is -2.18. The normalized spacial score (nSPS) is 21.9. The fraction of sp³-hybridized carbons (Fsp3) is 0.250. The van der Waals surface area contributed by atoms with E-state index < -0.39 is 0 Å². The number of fused-ring (bicyclic) bond motifs is 3. The Bertz CT molecular complexity index is 795. The van der Waals surface area contributed by atoms with E-state index in [0.717, 1.165) is 20.4 Å². The molecule has 1 aliphatic rings. The molecule has 7 heteroatoms. The van der Waals surface area contributed by atoms with Gasteiger partial charge in [0.1, 0.15) is 5.52 Å². The Hall–Kier alpha value is -1.57. The Morgan fingerprint density at radius 1 is 1.47 bits per heavy atom. The van der Waals surface area contributed by atoms with Crippen molar-refractivity contribution in [3.8, 4) is 0 Å². The van der Waals surface area contributed by atoms with Crippen molar-refractivity contribution in [3.63, 3.8) is 0 Å². The molecule has 96 valence electrons. The van der Waals surface area contributed by atoms with Gasteiger partial charge in [-0.25, -0.2) is 9.97 Å². The molecule has 2 aromatic heterocycles. The van der Waals surface area contributed by atoms with E-state index in [4.69, 9.17) is 4.74 Å². The van der Waals surface area contributed by atoms with Gasteiger partial charge in [0.2, 0.25) is 0 Å². The van der Waals surface area contributed by atoms with Gasteiger partial charge in [0.15, 0.2) is 11.2 Å². The van der Waals surface area contributed by atoms with Crippen LogP contribution >= 0.6 is 22.7 Å². The fourth-order valence-electron chi connectivity index (χ4n) is 2.00. The lowest BCUT2D eigenvalue weighted by Gasteiger charge is -1.95. The first-order chi connectivity index (χ1) is 9.22. The van der Waals surface area contributed by atoms with Gasteiger partial charge < -0.3 is 4.74 Å². The number of nitrogens with one attached hydrogen (secondary N) is 1. The van der Waals surface area contributed by atoms with Gasteiger partial charge in [0, 0.05) is 0 Å². The van der Waals surface area contributed by atoms with Crippen LogP contribution in [0.2, 0.25) is 0 Å². The van der Waals surface area contributed by atoms with Crippen molar-refractivity contribution in [2.24, 2.45) is 0 Å². The fourth-order valence-corrected chi connectivity index (χ4v) is 3.72. The number of amides is 1. The Kier molecular flexibility index (Phi) is 2.35. The molecule has 0 saturated carbocycles. The number of hydrogen-bond donors (Lipinski definition) is 1. The molecule has 4 rings (SSSR count). The van der Waals surface area contributed by atoms with Crippen LogP contribution in [0.15, 0.2) is 17.6 Å². The minimum Gasteiger partial charge on any atom is -0.359 e. The lowest BCUT2D eigenvalue weighted by molar-refractivity contribution is -0.117. The van der Waals surface area contributed by atoms with Crippen molar-refractivity contribution in [2.75, 3.05) is 5.32 Å². The van der Waals surface area contributed by atoms with Crippen molar-refractivity contribution >= 4 is 54.1 Å². The van der Waals surface area contributed by atoms with Gasteiger partial charge in [-0.05, 0) is 19.1 Å². The molecule has 1 aromatic carbocycles. The van der Waals surface area contributed by atoms with E-state index >= 15 is 0 Å². The van der Waals surface area contributed by atoms with Gasteiger partial charge in [0.25, 0.3) is 5.91 Å². The maximum absolute atomic E-state index is 11.8. The molecule has 19 heavy (non-hydrogen) atoms. The van der Waals surface area contributed by atoms with E-state index in [0.29, 0.717) is 5.13 Å². The summed E-state index contributed by atoms with van der Waals surface area (Å²) in [7, 11) is 0. The third-order valence-electron chi connectivity index (χ3n) is 3.06. The van der Waals surface area contributed by atoms with Crippen LogP contribution in [-0.2, 0) is 9.53 Å². The quantitative estimate of drug-likeness (QED) is 0.737. The summed E-state index contributed by atoms with van der Waals surface area (Å²) in [5, 5.41) is 3.40. The van der Waals surface area contributed by atoms with E-state index in [-0.39, 0.29) is 18.1 Å². The highest BCUT2D eigenvalue weighted by Crippen LogP contribution is 2.34. The van der Waals surface area contributed by atoms with Crippen LogP contribution in [0.5, 0.6) is 0 Å². The van der Waals surface area contributed by atoms with Crippen molar-refractivity contribution < 1.29 is 9.53 Å². The second-order valence-corrected chi connectivity index (χ2v) is 6.27. The molecule has 1 amide bonds. The molecule has 1 fully saturated rings. The van der Waals surface area contributed by atoms with Crippen molar-refractivity contribution in [1.82, 2.24) is 9.97 Å². The maximum Gasteiger partial charge on any atom is 0.258 e. The Morgan fingerprint density at radius 3 is 3.11 bits per heavy atom. The number of rotatable bonds is 2. The molecular formula is C12H9N3O2S2. The average Bonchev–Trinajstić information content (AvgIpc) is 2.81. The SMILES string of the molecule is C[C@@H]1O[C@H]1C(=O)Nc1nc2ccc3scnc3c2s1. The standard InChI is InChI=1S/C12H9N3O2S2/c1-5-9(17-5)11(16)15-12-14-6-2-3-7-8(10(6)19-12)13-4-18-7/h2-5,9H,1H3,(H,14,15,16)/t5-,9+/m0/s1. The largest absolute Gasteiger partial charge is 0.359 e. The molecule has 0 bridgehead atoms. The molecule has 2 atom stereocenters. The van der Waals surface area contributed by atoms with Crippen LogP contribution in [0.3, 0.4) is 0 Å². The van der Waals surface area contributed by atoms with Gasteiger partial charge in [-0.3, -0.25) is 10.1 Å². The number of benzene rings is 1. The second kappa shape index (κ2) is 3.96. The number of carbonyl (C=O) groups excluding carboxylic acids is 1. The van der Waals surface area contributed by atoms with E-state index in [1.54, 1.807) is 11.3 Å². The lowest BCUT2D eigenvalue weighted by atomic mass is 10.3. The van der Waals surface area contributed by atoms with Crippen molar-refractivity contribution in [1.29, 1.82) is 0 Å². The topological polar surface area (TPSA) is 67.4 Å². The van der Waals surface area contributed by atoms with Crippen LogP contribution in [-0.4, -0.2) is 28.1 Å². The highest BCUT2D eigenvalue weighted by atomic mass is 32.1. The number of thiazole rings is 2. The number of carbonyl (C=O) groups is 1. The van der Waals surface area contributed by atoms with Gasteiger partial charge in [-0.1, -0.05) is 11.3 Å². The monoisotopic (exact) mass is 291 g/mol. The molecule has 3 heterocycles. The molecule has 0 unspecified atom stereocenters. The smallest absolute Gasteiger partial charge is 0.258 e. The van der Waals surface area contributed by atoms with E-state index in [9.17, 15) is 4.79 Å². The zero-order chi connectivity index (χ0) is 13.0. The van der Waals surface area contributed by atoms with Crippen molar-refractivity contribution in [2.45, 2.75) is 19.1 Å². The maximum atomic E-state index is 11.8. The highest BCUT2D eigenvalue weighted by Gasteiger charge is 2.41. The van der Waals surface area contributed by atoms with Crippen LogP contribution < -0.4 is 5.32 Å². The number of ether oxygens (including phenoxy) is 1. The van der Waals surface area contributed by atoms with E-state index in [2.05, 4.69) is 15.3 Å². The zero-order valence-electron chi connectivity index (χ0n) is 9.91. The second-order valence-electron chi connectivity index (χ2n) is 4.38. The summed E-state index contributed by atoms with van der Waals surface area (Å²) in [5.41, 5.74) is 3.64. The molecule has 1 N–H and O–H groups in total. The Morgan fingerprint density at radius 2 is 2.32 bits per heavy atom. The number of epoxide rings is 1. The number of anilines is 1. The van der Waals surface area contributed by atoms with Gasteiger partial charge in [-0.2, -0.15) is 0 Å². The third-order valence-corrected chi connectivity index (χ3v) is 4.84. The summed E-state index contributed by atoms with van der Waals surface area (Å²) in [6.07, 6.45) is -0.314. The molecule has 5 nitrogen and oxygen atoms in total. The zero-order valence-corrected chi connectivity index (χ0v) is 11.5. The number of nitrogens with zero attached hydrogens (tertiary/aromatic N) is 2. The van der Waals surface area contributed by atoms with E-state index in [1.165, 1.54) is 11.3 Å². The van der Waals surface area contributed by atoms with Crippen molar-refractivity contribution in [3.05, 3.63) is 17.6 Å². The number of aromatic nitrogens is 2. The first kappa shape index (κ1) is 11.3. The number of hydrogen-bond acceptors (Lipinski definition) is 6. The molecule has 0 spiro atoms. The first-order valence-corrected chi connectivity index (χ1v) is 7.51. The van der Waals surface area contributed by atoms with Crippen LogP contribution in [0.25, 0.3) is 20.4 Å². The third kappa shape index (κ3) is 1.81. The van der Waals surface area contributed by atoms with Gasteiger partial charge in [-0.15, -0.1) is 11.3 Å². The first-order valence-electron chi connectivity index (χ1n) is 5.81. The predicted molar refractivity (Wildman–Crippen MR) is 75.8 cm³/mol. The summed E-state index contributed by atoms with van der Waals surface area (Å²) >= 11 is 3.05. The highest BCUT2D eigenvalue weighted by molar-refractivity contribution is 7.24.